The third kappa shape index (κ3) is 4.91. The molecule has 31 heavy (non-hydrogen) atoms. The van der Waals surface area contributed by atoms with Crippen molar-refractivity contribution in [3.05, 3.63) is 76.5 Å². The highest BCUT2D eigenvalue weighted by Gasteiger charge is 2.25. The van der Waals surface area contributed by atoms with E-state index in [-0.39, 0.29) is 22.8 Å². The number of hydrogen-bond acceptors (Lipinski definition) is 5. The first-order chi connectivity index (χ1) is 14.8. The van der Waals surface area contributed by atoms with Crippen LogP contribution in [0.15, 0.2) is 70.9 Å². The van der Waals surface area contributed by atoms with Crippen LogP contribution in [0.25, 0.3) is 0 Å². The molecular weight excluding hydrogens is 432 g/mol. The van der Waals surface area contributed by atoms with E-state index < -0.39 is 10.0 Å². The van der Waals surface area contributed by atoms with Crippen LogP contribution in [0.2, 0.25) is 0 Å². The monoisotopic (exact) mass is 458 g/mol. The fourth-order valence-electron chi connectivity index (χ4n) is 3.21. The lowest BCUT2D eigenvalue weighted by molar-refractivity contribution is 0.0926. The Bertz CT molecular complexity index is 1120. The number of amides is 1. The highest BCUT2D eigenvalue weighted by atomic mass is 32.2. The smallest absolute Gasteiger partial charge is 0.264 e. The van der Waals surface area contributed by atoms with Crippen LogP contribution in [0.1, 0.15) is 35.1 Å². The number of thiophene rings is 1. The second-order valence-corrected chi connectivity index (χ2v) is 10.3. The van der Waals surface area contributed by atoms with Crippen LogP contribution in [0, 0.1) is 5.92 Å². The van der Waals surface area contributed by atoms with Crippen LogP contribution in [-0.2, 0) is 10.0 Å². The van der Waals surface area contributed by atoms with Gasteiger partial charge in [0.15, 0.2) is 0 Å². The van der Waals surface area contributed by atoms with E-state index in [0.717, 1.165) is 4.88 Å². The number of nitrogens with one attached hydrogen (secondary N) is 1. The van der Waals surface area contributed by atoms with Gasteiger partial charge in [-0.15, -0.1) is 11.3 Å². The van der Waals surface area contributed by atoms with Crippen molar-refractivity contribution in [3.8, 4) is 5.75 Å². The van der Waals surface area contributed by atoms with Gasteiger partial charge in [-0.05, 0) is 53.8 Å². The maximum Gasteiger partial charge on any atom is 0.264 e. The molecule has 1 unspecified atom stereocenters. The van der Waals surface area contributed by atoms with Crippen LogP contribution < -0.4 is 14.4 Å². The molecule has 0 bridgehead atoms. The van der Waals surface area contributed by atoms with Crippen molar-refractivity contribution >= 4 is 33.0 Å². The number of ether oxygens (including phenoxy) is 1. The Kier molecular flexibility index (Phi) is 7.02. The van der Waals surface area contributed by atoms with Crippen molar-refractivity contribution < 1.29 is 17.9 Å². The minimum Gasteiger partial charge on any atom is -0.495 e. The molecule has 1 atom stereocenters. The first kappa shape index (κ1) is 22.8. The van der Waals surface area contributed by atoms with Crippen molar-refractivity contribution in [3.63, 3.8) is 0 Å². The minimum absolute atomic E-state index is 0.0936. The molecule has 0 radical (unpaired) electrons. The van der Waals surface area contributed by atoms with Crippen LogP contribution in [0.4, 0.5) is 5.69 Å². The Morgan fingerprint density at radius 3 is 2.29 bits per heavy atom. The molecule has 0 spiro atoms. The van der Waals surface area contributed by atoms with E-state index >= 15 is 0 Å². The quantitative estimate of drug-likeness (QED) is 0.530. The van der Waals surface area contributed by atoms with Crippen molar-refractivity contribution in [2.24, 2.45) is 5.92 Å². The number of para-hydroxylation sites is 2. The van der Waals surface area contributed by atoms with Gasteiger partial charge < -0.3 is 10.1 Å². The molecule has 0 aliphatic rings. The van der Waals surface area contributed by atoms with Gasteiger partial charge >= 0.3 is 0 Å². The van der Waals surface area contributed by atoms with E-state index in [4.69, 9.17) is 4.74 Å². The summed E-state index contributed by atoms with van der Waals surface area (Å²) in [6.45, 7) is 4.10. The van der Waals surface area contributed by atoms with Gasteiger partial charge in [-0.1, -0.05) is 32.0 Å². The van der Waals surface area contributed by atoms with E-state index in [1.54, 1.807) is 35.6 Å². The van der Waals surface area contributed by atoms with Gasteiger partial charge in [0.25, 0.3) is 15.9 Å². The van der Waals surface area contributed by atoms with Gasteiger partial charge in [-0.25, -0.2) is 8.42 Å². The summed E-state index contributed by atoms with van der Waals surface area (Å²) in [6.07, 6.45) is 0. The zero-order valence-corrected chi connectivity index (χ0v) is 19.5. The van der Waals surface area contributed by atoms with Crippen LogP contribution in [0.3, 0.4) is 0 Å². The maximum absolute atomic E-state index is 13.1. The Balaban J connectivity index is 1.81. The average molecular weight is 459 g/mol. The number of rotatable bonds is 8. The number of methoxy groups -OCH3 is 1. The lowest BCUT2D eigenvalue weighted by Gasteiger charge is -2.22. The fraction of sp³-hybridized carbons (Fsp3) is 0.261. The third-order valence-corrected chi connectivity index (χ3v) is 7.74. The SMILES string of the molecule is COc1ccccc1N(C)S(=O)(=O)c1ccc(C(=O)NC(c2cccs2)C(C)C)cc1. The predicted molar refractivity (Wildman–Crippen MR) is 124 cm³/mol. The molecule has 0 fully saturated rings. The number of benzene rings is 2. The molecule has 164 valence electrons. The molecule has 2 aromatic carbocycles. The van der Waals surface area contributed by atoms with E-state index in [2.05, 4.69) is 5.32 Å². The highest BCUT2D eigenvalue weighted by Crippen LogP contribution is 2.31. The van der Waals surface area contributed by atoms with E-state index in [1.165, 1.54) is 42.7 Å². The highest BCUT2D eigenvalue weighted by molar-refractivity contribution is 7.92. The Morgan fingerprint density at radius 1 is 1.03 bits per heavy atom. The van der Waals surface area contributed by atoms with Crippen molar-refractivity contribution in [2.45, 2.75) is 24.8 Å². The van der Waals surface area contributed by atoms with Gasteiger partial charge in [0.05, 0.1) is 23.7 Å². The summed E-state index contributed by atoms with van der Waals surface area (Å²) < 4.78 is 32.6. The van der Waals surface area contributed by atoms with E-state index in [1.807, 2.05) is 31.4 Å². The standard InChI is InChI=1S/C23H26N2O4S2/c1-16(2)22(21-10-7-15-30-21)24-23(26)17-11-13-18(14-12-17)31(27,28)25(3)19-8-5-6-9-20(19)29-4/h5-16,22H,1-4H3,(H,24,26). The summed E-state index contributed by atoms with van der Waals surface area (Å²) in [5.74, 6) is 0.434. The van der Waals surface area contributed by atoms with Gasteiger partial charge in [-0.3, -0.25) is 9.10 Å². The number of sulfonamides is 1. The van der Waals surface area contributed by atoms with Crippen LogP contribution in [0.5, 0.6) is 5.75 Å². The normalized spacial score (nSPS) is 12.4. The van der Waals surface area contributed by atoms with Gasteiger partial charge in [0.2, 0.25) is 0 Å². The number of nitrogens with zero attached hydrogens (tertiary/aromatic N) is 1. The topological polar surface area (TPSA) is 75.7 Å². The lowest BCUT2D eigenvalue weighted by Crippen LogP contribution is -2.31. The summed E-state index contributed by atoms with van der Waals surface area (Å²) >= 11 is 1.60. The molecule has 8 heteroatoms. The molecular formula is C23H26N2O4S2. The summed E-state index contributed by atoms with van der Waals surface area (Å²) in [5, 5.41) is 5.03. The molecule has 0 saturated heterocycles. The van der Waals surface area contributed by atoms with E-state index in [0.29, 0.717) is 17.0 Å². The zero-order valence-electron chi connectivity index (χ0n) is 17.9. The molecule has 1 heterocycles. The molecule has 3 rings (SSSR count). The number of carbonyl (C=O) groups is 1. The minimum atomic E-state index is -3.82. The first-order valence-corrected chi connectivity index (χ1v) is 12.1. The predicted octanol–water partition coefficient (Wildman–Crippen LogP) is 4.71. The van der Waals surface area contributed by atoms with Crippen LogP contribution >= 0.6 is 11.3 Å². The number of anilines is 1. The molecule has 0 saturated carbocycles. The van der Waals surface area contributed by atoms with Gasteiger partial charge in [0.1, 0.15) is 5.75 Å². The van der Waals surface area contributed by atoms with Crippen molar-refractivity contribution in [1.29, 1.82) is 0 Å². The summed E-state index contributed by atoms with van der Waals surface area (Å²) in [6, 6.07) is 16.7. The summed E-state index contributed by atoms with van der Waals surface area (Å²) in [5.41, 5.74) is 0.837. The Labute approximate surface area is 187 Å². The molecule has 0 aliphatic carbocycles. The van der Waals surface area contributed by atoms with Gasteiger partial charge in [-0.2, -0.15) is 0 Å². The molecule has 0 aliphatic heterocycles. The first-order valence-electron chi connectivity index (χ1n) is 9.82. The molecule has 3 aromatic rings. The lowest BCUT2D eigenvalue weighted by atomic mass is 10.0. The van der Waals surface area contributed by atoms with E-state index in [9.17, 15) is 13.2 Å². The summed E-state index contributed by atoms with van der Waals surface area (Å²) in [4.78, 5) is 13.9. The Hall–Kier alpha value is -2.84. The Morgan fingerprint density at radius 2 is 1.71 bits per heavy atom. The molecule has 1 aromatic heterocycles. The third-order valence-electron chi connectivity index (χ3n) is 5.00. The second-order valence-electron chi connectivity index (χ2n) is 7.38. The van der Waals surface area contributed by atoms with Crippen molar-refractivity contribution in [1.82, 2.24) is 5.32 Å². The molecule has 1 N–H and O–H groups in total. The fourth-order valence-corrected chi connectivity index (χ4v) is 5.37. The average Bonchev–Trinajstić information content (AvgIpc) is 3.31. The zero-order chi connectivity index (χ0) is 22.6. The largest absolute Gasteiger partial charge is 0.495 e. The molecule has 6 nitrogen and oxygen atoms in total. The van der Waals surface area contributed by atoms with Crippen molar-refractivity contribution in [2.75, 3.05) is 18.5 Å². The summed E-state index contributed by atoms with van der Waals surface area (Å²) in [7, 11) is -0.848. The second kappa shape index (κ2) is 9.53. The van der Waals surface area contributed by atoms with Gasteiger partial charge in [0, 0.05) is 17.5 Å². The molecule has 1 amide bonds. The maximum atomic E-state index is 13.1. The van der Waals surface area contributed by atoms with Crippen LogP contribution in [-0.4, -0.2) is 28.5 Å². The number of carbonyl (C=O) groups excluding carboxylic acids is 1. The number of hydrogen-bond donors (Lipinski definition) is 1.